The molecule has 3 N–H and O–H groups in total. The van der Waals surface area contributed by atoms with Gasteiger partial charge in [-0.1, -0.05) is 28.1 Å². The van der Waals surface area contributed by atoms with Crippen LogP contribution in [0.5, 0.6) is 11.5 Å². The minimum absolute atomic E-state index is 0.250. The van der Waals surface area contributed by atoms with Gasteiger partial charge in [0.1, 0.15) is 0 Å². The van der Waals surface area contributed by atoms with Crippen LogP contribution in [0.4, 0.5) is 0 Å². The van der Waals surface area contributed by atoms with Crippen LogP contribution in [0, 0.1) is 0 Å². The molecule has 1 heterocycles. The number of nitrogens with zero attached hydrogens (tertiary/aromatic N) is 3. The van der Waals surface area contributed by atoms with Gasteiger partial charge in [-0.15, -0.1) is 0 Å². The highest BCUT2D eigenvalue weighted by atomic mass is 79.9. The van der Waals surface area contributed by atoms with Crippen LogP contribution < -0.4 is 20.6 Å². The second-order valence-corrected chi connectivity index (χ2v) is 7.31. The highest BCUT2D eigenvalue weighted by molar-refractivity contribution is 9.10. The predicted octanol–water partition coefficient (Wildman–Crippen LogP) is 2.33. The van der Waals surface area contributed by atoms with Gasteiger partial charge in [0.05, 0.1) is 19.9 Å². The topological polar surface area (TPSA) is 121 Å². The lowest BCUT2D eigenvalue weighted by atomic mass is 10.2. The normalized spacial score (nSPS) is 10.8. The largest absolute Gasteiger partial charge is 0.493 e. The van der Waals surface area contributed by atoms with Crippen LogP contribution in [-0.4, -0.2) is 41.5 Å². The Bertz CT molecular complexity index is 1110. The number of hydrogen-bond donors (Lipinski definition) is 2. The Morgan fingerprint density at radius 3 is 2.81 bits per heavy atom. The number of halogens is 1. The van der Waals surface area contributed by atoms with Crippen LogP contribution in [0.3, 0.4) is 0 Å². The zero-order valence-corrected chi connectivity index (χ0v) is 18.2. The van der Waals surface area contributed by atoms with Crippen molar-refractivity contribution < 1.29 is 19.1 Å². The highest BCUT2D eigenvalue weighted by Gasteiger charge is 2.10. The second kappa shape index (κ2) is 10.4. The smallest absolute Gasteiger partial charge is 0.291 e. The van der Waals surface area contributed by atoms with Crippen LogP contribution in [-0.2, 0) is 11.3 Å². The van der Waals surface area contributed by atoms with Gasteiger partial charge >= 0.3 is 0 Å². The standard InChI is InChI=1S/C21H20BrN5O4/c1-30-19-10-14(5-6-18(19)31-13-20(23)28)11-24-25-21(29)17-7-8-27(26-17)12-15-3-2-4-16(22)9-15/h2-11H,12-13H2,1H3,(H2,23,28)(H,25,29)/b24-11+. The molecule has 3 aromatic rings. The molecule has 10 heteroatoms. The van der Waals surface area contributed by atoms with Crippen molar-refractivity contribution in [2.75, 3.05) is 13.7 Å². The molecule has 0 atom stereocenters. The molecule has 0 bridgehead atoms. The molecule has 9 nitrogen and oxygen atoms in total. The minimum Gasteiger partial charge on any atom is -0.493 e. The number of ether oxygens (including phenoxy) is 2. The predicted molar refractivity (Wildman–Crippen MR) is 118 cm³/mol. The monoisotopic (exact) mass is 485 g/mol. The number of carbonyl (C=O) groups excluding carboxylic acids is 2. The number of nitrogens with two attached hydrogens (primary N) is 1. The Labute approximate surface area is 187 Å². The zero-order chi connectivity index (χ0) is 22.2. The number of hydrazone groups is 1. The number of nitrogens with one attached hydrogen (secondary N) is 1. The van der Waals surface area contributed by atoms with Crippen LogP contribution in [0.25, 0.3) is 0 Å². The van der Waals surface area contributed by atoms with Gasteiger partial charge in [0.25, 0.3) is 11.8 Å². The summed E-state index contributed by atoms with van der Waals surface area (Å²) >= 11 is 3.43. The molecular formula is C21H20BrN5O4. The maximum absolute atomic E-state index is 12.3. The van der Waals surface area contributed by atoms with E-state index in [2.05, 4.69) is 31.6 Å². The van der Waals surface area contributed by atoms with Gasteiger partial charge in [0.2, 0.25) is 0 Å². The summed E-state index contributed by atoms with van der Waals surface area (Å²) in [6, 6.07) is 14.4. The molecule has 0 saturated heterocycles. The van der Waals surface area contributed by atoms with Crippen molar-refractivity contribution in [1.29, 1.82) is 0 Å². The highest BCUT2D eigenvalue weighted by Crippen LogP contribution is 2.27. The van der Waals surface area contributed by atoms with Gasteiger partial charge in [-0.05, 0) is 47.5 Å². The third-order valence-corrected chi connectivity index (χ3v) is 4.54. The van der Waals surface area contributed by atoms with Crippen molar-refractivity contribution in [3.05, 3.63) is 76.0 Å². The number of rotatable bonds is 9. The Balaban J connectivity index is 1.59. The molecule has 0 aliphatic heterocycles. The quantitative estimate of drug-likeness (QED) is 0.355. The summed E-state index contributed by atoms with van der Waals surface area (Å²) in [5.41, 5.74) is 9.48. The van der Waals surface area contributed by atoms with E-state index in [1.54, 1.807) is 35.1 Å². The van der Waals surface area contributed by atoms with Crippen molar-refractivity contribution in [3.63, 3.8) is 0 Å². The first-order valence-corrected chi connectivity index (χ1v) is 9.94. The molecule has 1 aromatic heterocycles. The first kappa shape index (κ1) is 22.0. The molecule has 0 spiro atoms. The summed E-state index contributed by atoms with van der Waals surface area (Å²) in [7, 11) is 1.47. The van der Waals surface area contributed by atoms with E-state index in [1.807, 2.05) is 24.3 Å². The van der Waals surface area contributed by atoms with E-state index in [9.17, 15) is 9.59 Å². The van der Waals surface area contributed by atoms with Gasteiger partial charge in [-0.3, -0.25) is 14.3 Å². The van der Waals surface area contributed by atoms with E-state index in [0.717, 1.165) is 10.0 Å². The maximum Gasteiger partial charge on any atom is 0.291 e. The Hall–Kier alpha value is -3.66. The molecular weight excluding hydrogens is 466 g/mol. The number of carbonyl (C=O) groups is 2. The lowest BCUT2D eigenvalue weighted by Gasteiger charge is -2.09. The van der Waals surface area contributed by atoms with Gasteiger partial charge < -0.3 is 15.2 Å². The Kier molecular flexibility index (Phi) is 7.39. The lowest BCUT2D eigenvalue weighted by molar-refractivity contribution is -0.119. The van der Waals surface area contributed by atoms with Crippen molar-refractivity contribution >= 4 is 34.0 Å². The molecule has 2 amide bonds. The Morgan fingerprint density at radius 2 is 2.06 bits per heavy atom. The summed E-state index contributed by atoms with van der Waals surface area (Å²) in [6.45, 7) is 0.286. The van der Waals surface area contributed by atoms with Crippen LogP contribution in [0.15, 0.2) is 64.3 Å². The number of benzene rings is 2. The van der Waals surface area contributed by atoms with E-state index in [4.69, 9.17) is 15.2 Å². The van der Waals surface area contributed by atoms with Gasteiger partial charge in [-0.25, -0.2) is 5.43 Å². The summed E-state index contributed by atoms with van der Waals surface area (Å²) in [5.74, 6) is -0.242. The fourth-order valence-corrected chi connectivity index (χ4v) is 3.10. The molecule has 31 heavy (non-hydrogen) atoms. The lowest BCUT2D eigenvalue weighted by Crippen LogP contribution is -2.20. The van der Waals surface area contributed by atoms with Crippen LogP contribution >= 0.6 is 15.9 Å². The van der Waals surface area contributed by atoms with Gasteiger partial charge in [-0.2, -0.15) is 10.2 Å². The van der Waals surface area contributed by atoms with E-state index in [0.29, 0.717) is 23.6 Å². The van der Waals surface area contributed by atoms with Crippen molar-refractivity contribution in [3.8, 4) is 11.5 Å². The fraction of sp³-hybridized carbons (Fsp3) is 0.143. The molecule has 0 radical (unpaired) electrons. The molecule has 0 unspecified atom stereocenters. The number of amides is 2. The van der Waals surface area contributed by atoms with Crippen LogP contribution in [0.1, 0.15) is 21.6 Å². The average molecular weight is 486 g/mol. The third kappa shape index (κ3) is 6.41. The van der Waals surface area contributed by atoms with E-state index < -0.39 is 11.8 Å². The third-order valence-electron chi connectivity index (χ3n) is 4.04. The van der Waals surface area contributed by atoms with Gasteiger partial charge in [0.15, 0.2) is 23.8 Å². The summed E-state index contributed by atoms with van der Waals surface area (Å²) < 4.78 is 13.2. The fourth-order valence-electron chi connectivity index (χ4n) is 2.65. The van der Waals surface area contributed by atoms with Crippen molar-refractivity contribution in [1.82, 2.24) is 15.2 Å². The summed E-state index contributed by atoms with van der Waals surface area (Å²) in [4.78, 5) is 23.1. The molecule has 3 rings (SSSR count). The van der Waals surface area contributed by atoms with Gasteiger partial charge in [0, 0.05) is 10.7 Å². The molecule has 0 aliphatic carbocycles. The Morgan fingerprint density at radius 1 is 1.23 bits per heavy atom. The van der Waals surface area contributed by atoms with Crippen LogP contribution in [0.2, 0.25) is 0 Å². The van der Waals surface area contributed by atoms with E-state index in [-0.39, 0.29) is 12.3 Å². The molecule has 160 valence electrons. The molecule has 0 fully saturated rings. The number of aromatic nitrogens is 2. The first-order valence-electron chi connectivity index (χ1n) is 9.15. The van der Waals surface area contributed by atoms with Crippen molar-refractivity contribution in [2.45, 2.75) is 6.54 Å². The zero-order valence-electron chi connectivity index (χ0n) is 16.6. The summed E-state index contributed by atoms with van der Waals surface area (Å²) in [6.07, 6.45) is 3.19. The van der Waals surface area contributed by atoms with E-state index >= 15 is 0 Å². The SMILES string of the molecule is COc1cc(/C=N/NC(=O)c2ccn(Cc3cccc(Br)c3)n2)ccc1OCC(N)=O. The molecule has 0 saturated carbocycles. The second-order valence-electron chi connectivity index (χ2n) is 6.39. The average Bonchev–Trinajstić information content (AvgIpc) is 3.21. The van der Waals surface area contributed by atoms with E-state index in [1.165, 1.54) is 13.3 Å². The maximum atomic E-state index is 12.3. The summed E-state index contributed by atoms with van der Waals surface area (Å²) in [5, 5.41) is 8.23. The number of hydrogen-bond acceptors (Lipinski definition) is 6. The first-order chi connectivity index (χ1) is 14.9. The number of primary amides is 1. The molecule has 0 aliphatic rings. The van der Waals surface area contributed by atoms with Crippen molar-refractivity contribution in [2.24, 2.45) is 10.8 Å². The number of methoxy groups -OCH3 is 1. The molecule has 2 aromatic carbocycles. The minimum atomic E-state index is -0.588.